The molecule has 9 heteroatoms. The Morgan fingerprint density at radius 2 is 1.54 bits per heavy atom. The molecule has 5 unspecified atom stereocenters. The molecule has 1 N–H and O–H groups in total. The van der Waals surface area contributed by atoms with Crippen molar-refractivity contribution in [1.82, 2.24) is 14.9 Å². The van der Waals surface area contributed by atoms with Gasteiger partial charge in [-0.25, -0.2) is 4.79 Å². The van der Waals surface area contributed by atoms with Gasteiger partial charge in [-0.3, -0.25) is 24.5 Å². The van der Waals surface area contributed by atoms with Crippen LogP contribution in [0.15, 0.2) is 157 Å². The van der Waals surface area contributed by atoms with E-state index in [1.165, 1.54) is 11.0 Å². The minimum atomic E-state index is -1.72. The first-order valence-corrected chi connectivity index (χ1v) is 17.9. The number of ether oxygens (including phenoxy) is 2. The summed E-state index contributed by atoms with van der Waals surface area (Å²) in [7, 11) is 1.57. The van der Waals surface area contributed by atoms with E-state index in [0.717, 1.165) is 22.3 Å². The van der Waals surface area contributed by atoms with E-state index < -0.39 is 35.2 Å². The van der Waals surface area contributed by atoms with E-state index in [0.29, 0.717) is 28.3 Å². The van der Waals surface area contributed by atoms with Gasteiger partial charge >= 0.3 is 5.97 Å². The van der Waals surface area contributed by atoms with Gasteiger partial charge in [0.25, 0.3) is 0 Å². The molecule has 2 aromatic heterocycles. The molecular weight excluding hydrogens is 679 g/mol. The fraction of sp³-hybridized carbons (Fsp3) is 0.178. The fourth-order valence-electron chi connectivity index (χ4n) is 8.33. The van der Waals surface area contributed by atoms with Gasteiger partial charge in [-0.15, -0.1) is 0 Å². The summed E-state index contributed by atoms with van der Waals surface area (Å²) in [5, 5.41) is 13.1. The molecule has 0 spiro atoms. The number of aromatic nitrogens is 2. The second-order valence-corrected chi connectivity index (χ2v) is 13.5. The number of carbonyl (C=O) groups excluding carboxylic acids is 3. The van der Waals surface area contributed by atoms with Gasteiger partial charge in [0.15, 0.2) is 5.60 Å². The smallest absolute Gasteiger partial charge is 0.330 e. The number of methoxy groups -OCH3 is 1. The number of imide groups is 1. The molecule has 5 atom stereocenters. The van der Waals surface area contributed by atoms with Crippen molar-refractivity contribution < 1.29 is 29.0 Å². The van der Waals surface area contributed by atoms with Gasteiger partial charge < -0.3 is 14.6 Å². The van der Waals surface area contributed by atoms with Crippen molar-refractivity contribution in [2.45, 2.75) is 5.60 Å². The van der Waals surface area contributed by atoms with Gasteiger partial charge in [0.2, 0.25) is 11.8 Å². The highest BCUT2D eigenvalue weighted by atomic mass is 16.5. The first kappa shape index (κ1) is 34.6. The van der Waals surface area contributed by atoms with Gasteiger partial charge in [0, 0.05) is 35.9 Å². The number of rotatable bonds is 11. The summed E-state index contributed by atoms with van der Waals surface area (Å²) in [6.07, 6.45) is 8.26. The lowest BCUT2D eigenvalue weighted by Gasteiger charge is -2.36. The molecule has 8 rings (SSSR count). The molecule has 5 aromatic rings. The lowest BCUT2D eigenvalue weighted by Crippen LogP contribution is -2.39. The van der Waals surface area contributed by atoms with Gasteiger partial charge in [-0.2, -0.15) is 0 Å². The van der Waals surface area contributed by atoms with E-state index in [1.54, 1.807) is 49.8 Å². The Balaban J connectivity index is 1.17. The zero-order valence-electron chi connectivity index (χ0n) is 29.5. The molecule has 3 aromatic carbocycles. The minimum Gasteiger partial charge on any atom is -0.497 e. The van der Waals surface area contributed by atoms with Gasteiger partial charge in [0.1, 0.15) is 12.4 Å². The standard InChI is InChI=1S/C45H37N3O6/c1-53-32-18-12-13-29(27-32)21-22-37(49)54-26-25-48-43(50)40-33-28-34(45(52,31-16-6-3-7-17-31)36-20-9-11-24-47-36)41(42(40)44(48)51)39(33)38(30-14-4-2-5-15-30)35-19-8-10-23-46-35/h2-24,27-28,33,40-42,52H,25-26H2,1H3. The number of hydrogen-bond donors (Lipinski definition) is 1. The van der Waals surface area contributed by atoms with E-state index in [1.807, 2.05) is 103 Å². The molecule has 3 heterocycles. The third-order valence-corrected chi connectivity index (χ3v) is 10.6. The molecule has 54 heavy (non-hydrogen) atoms. The number of aliphatic hydroxyl groups is 1. The van der Waals surface area contributed by atoms with Crippen LogP contribution in [0.4, 0.5) is 0 Å². The fourth-order valence-corrected chi connectivity index (χ4v) is 8.33. The third-order valence-electron chi connectivity index (χ3n) is 10.6. The largest absolute Gasteiger partial charge is 0.497 e. The maximum absolute atomic E-state index is 14.6. The number of nitrogens with zero attached hydrogens (tertiary/aromatic N) is 3. The summed E-state index contributed by atoms with van der Waals surface area (Å²) in [6.45, 7) is -0.256. The van der Waals surface area contributed by atoms with Crippen molar-refractivity contribution in [1.29, 1.82) is 0 Å². The van der Waals surface area contributed by atoms with Crippen LogP contribution in [0, 0.1) is 23.7 Å². The highest BCUT2D eigenvalue weighted by Crippen LogP contribution is 2.64. The van der Waals surface area contributed by atoms with Crippen molar-refractivity contribution in [2.24, 2.45) is 23.7 Å². The van der Waals surface area contributed by atoms with E-state index in [2.05, 4.69) is 4.98 Å². The number of allylic oxidation sites excluding steroid dienone is 2. The number of hydrogen-bond acceptors (Lipinski definition) is 8. The average Bonchev–Trinajstić information content (AvgIpc) is 3.84. The average molecular weight is 716 g/mol. The SMILES string of the molecule is COc1cccc(C=CC(=O)OCCN2C(=O)C3C4C=C(C(O)(c5ccccc5)c5ccccn5)C(C4=C(c4ccccc4)c4ccccn4)C3C2=O)c1. The van der Waals surface area contributed by atoms with Crippen molar-refractivity contribution >= 4 is 29.4 Å². The quantitative estimate of drug-likeness (QED) is 0.0737. The molecule has 2 fully saturated rings. The highest BCUT2D eigenvalue weighted by molar-refractivity contribution is 6.08. The van der Waals surface area contributed by atoms with E-state index in [4.69, 9.17) is 14.5 Å². The van der Waals surface area contributed by atoms with Crippen molar-refractivity contribution in [2.75, 3.05) is 20.3 Å². The predicted octanol–water partition coefficient (Wildman–Crippen LogP) is 6.27. The molecule has 268 valence electrons. The van der Waals surface area contributed by atoms with Crippen LogP contribution in [0.3, 0.4) is 0 Å². The summed E-state index contributed by atoms with van der Waals surface area (Å²) < 4.78 is 10.7. The maximum atomic E-state index is 14.6. The number of likely N-dealkylation sites (tertiary alicyclic amines) is 1. The zero-order valence-corrected chi connectivity index (χ0v) is 29.5. The molecule has 2 amide bonds. The van der Waals surface area contributed by atoms with Crippen LogP contribution in [0.5, 0.6) is 5.75 Å². The number of fused-ring (bicyclic) bond motifs is 5. The van der Waals surface area contributed by atoms with Crippen LogP contribution >= 0.6 is 0 Å². The third kappa shape index (κ3) is 6.02. The number of carbonyl (C=O) groups is 3. The molecule has 1 saturated carbocycles. The molecule has 9 nitrogen and oxygen atoms in total. The van der Waals surface area contributed by atoms with Crippen LogP contribution in [0.1, 0.15) is 28.1 Å². The molecule has 0 radical (unpaired) electrons. The molecule has 1 aliphatic heterocycles. The predicted molar refractivity (Wildman–Crippen MR) is 202 cm³/mol. The highest BCUT2D eigenvalue weighted by Gasteiger charge is 2.66. The number of benzene rings is 3. The lowest BCUT2D eigenvalue weighted by molar-refractivity contribution is -0.145. The Kier molecular flexibility index (Phi) is 9.31. The first-order chi connectivity index (χ1) is 26.4. The Morgan fingerprint density at radius 3 is 2.24 bits per heavy atom. The summed E-state index contributed by atoms with van der Waals surface area (Å²) in [6, 6.07) is 37.5. The van der Waals surface area contributed by atoms with Crippen LogP contribution in [0.2, 0.25) is 0 Å². The van der Waals surface area contributed by atoms with Crippen molar-refractivity contribution in [3.63, 3.8) is 0 Å². The second kappa shape index (κ2) is 14.5. The van der Waals surface area contributed by atoms with Crippen LogP contribution in [-0.2, 0) is 24.7 Å². The summed E-state index contributed by atoms with van der Waals surface area (Å²) >= 11 is 0. The van der Waals surface area contributed by atoms with Crippen LogP contribution in [-0.4, -0.2) is 58.0 Å². The molecule has 2 aliphatic carbocycles. The topological polar surface area (TPSA) is 119 Å². The van der Waals surface area contributed by atoms with Crippen LogP contribution in [0.25, 0.3) is 11.6 Å². The molecule has 1 saturated heterocycles. The molecule has 2 bridgehead atoms. The Morgan fingerprint density at radius 1 is 0.833 bits per heavy atom. The number of esters is 1. The van der Waals surface area contributed by atoms with Gasteiger partial charge in [0.05, 0.1) is 36.9 Å². The summed E-state index contributed by atoms with van der Waals surface area (Å²) in [5.41, 5.74) is 3.93. The minimum absolute atomic E-state index is 0.0911. The van der Waals surface area contributed by atoms with Gasteiger partial charge in [-0.1, -0.05) is 91.0 Å². The van der Waals surface area contributed by atoms with E-state index in [9.17, 15) is 19.5 Å². The second-order valence-electron chi connectivity index (χ2n) is 13.5. The van der Waals surface area contributed by atoms with Crippen molar-refractivity contribution in [3.05, 3.63) is 185 Å². The number of pyridine rings is 2. The molecule has 3 aliphatic rings. The zero-order chi connectivity index (χ0) is 37.2. The Hall–Kier alpha value is -6.45. The van der Waals surface area contributed by atoms with E-state index in [-0.39, 0.29) is 25.0 Å². The van der Waals surface area contributed by atoms with Crippen molar-refractivity contribution in [3.8, 4) is 5.75 Å². The Bertz CT molecular complexity index is 2210. The molecular formula is C45H37N3O6. The van der Waals surface area contributed by atoms with E-state index >= 15 is 0 Å². The monoisotopic (exact) mass is 715 g/mol. The Labute approximate surface area is 312 Å². The summed E-state index contributed by atoms with van der Waals surface area (Å²) in [4.78, 5) is 52.2. The lowest BCUT2D eigenvalue weighted by atomic mass is 9.71. The summed E-state index contributed by atoms with van der Waals surface area (Å²) in [5.74, 6) is -3.35. The normalized spacial score (nSPS) is 22.2. The first-order valence-electron chi connectivity index (χ1n) is 17.9. The van der Waals surface area contributed by atoms with Crippen LogP contribution < -0.4 is 4.74 Å². The number of amides is 2. The maximum Gasteiger partial charge on any atom is 0.330 e. The van der Waals surface area contributed by atoms with Gasteiger partial charge in [-0.05, 0) is 70.3 Å².